The Morgan fingerprint density at radius 3 is 2.67 bits per heavy atom. The summed E-state index contributed by atoms with van der Waals surface area (Å²) in [6.45, 7) is 6.94. The molecule has 4 heteroatoms. The fraction of sp³-hybridized carbons (Fsp3) is 0.571. The van der Waals surface area contributed by atoms with Crippen molar-refractivity contribution in [3.05, 3.63) is 29.8 Å². The molecule has 1 aromatic carbocycles. The molecule has 102 valence electrons. The van der Waals surface area contributed by atoms with Crippen LogP contribution in [-0.2, 0) is 4.74 Å². The van der Waals surface area contributed by atoms with Crippen LogP contribution in [0.2, 0.25) is 0 Å². The monoisotopic (exact) mass is 253 g/mol. The van der Waals surface area contributed by atoms with Gasteiger partial charge in [-0.1, -0.05) is 17.7 Å². The molecular formula is C14H23NO3. The highest BCUT2D eigenvalue weighted by Gasteiger charge is 2.04. The molecule has 0 aromatic heterocycles. The van der Waals surface area contributed by atoms with E-state index in [2.05, 4.69) is 5.32 Å². The van der Waals surface area contributed by atoms with E-state index in [1.807, 2.05) is 38.1 Å². The zero-order chi connectivity index (χ0) is 13.2. The molecule has 1 atom stereocenters. The number of ether oxygens (including phenoxy) is 2. The largest absolute Gasteiger partial charge is 0.491 e. The SMILES string of the molecule is CCOCCNCC(O)COc1ccc(C)cc1. The third-order valence-electron chi connectivity index (χ3n) is 2.47. The van der Waals surface area contributed by atoms with Crippen molar-refractivity contribution in [2.45, 2.75) is 20.0 Å². The van der Waals surface area contributed by atoms with Crippen molar-refractivity contribution in [1.29, 1.82) is 0 Å². The van der Waals surface area contributed by atoms with E-state index in [4.69, 9.17) is 9.47 Å². The molecule has 0 aliphatic carbocycles. The van der Waals surface area contributed by atoms with Gasteiger partial charge in [-0.05, 0) is 26.0 Å². The molecule has 0 saturated carbocycles. The summed E-state index contributed by atoms with van der Waals surface area (Å²) in [5.74, 6) is 0.786. The normalized spacial score (nSPS) is 12.4. The first-order chi connectivity index (χ1) is 8.72. The summed E-state index contributed by atoms with van der Waals surface area (Å²) < 4.78 is 10.7. The molecule has 0 amide bonds. The zero-order valence-electron chi connectivity index (χ0n) is 11.2. The van der Waals surface area contributed by atoms with Crippen LogP contribution in [0.4, 0.5) is 0 Å². The molecule has 1 aromatic rings. The summed E-state index contributed by atoms with van der Waals surface area (Å²) in [4.78, 5) is 0. The molecule has 0 radical (unpaired) electrons. The van der Waals surface area contributed by atoms with E-state index >= 15 is 0 Å². The number of benzene rings is 1. The minimum Gasteiger partial charge on any atom is -0.491 e. The van der Waals surface area contributed by atoms with Crippen molar-refractivity contribution in [3.63, 3.8) is 0 Å². The summed E-state index contributed by atoms with van der Waals surface area (Å²) in [5.41, 5.74) is 1.19. The summed E-state index contributed by atoms with van der Waals surface area (Å²) in [5, 5.41) is 12.8. The zero-order valence-corrected chi connectivity index (χ0v) is 11.2. The number of aliphatic hydroxyl groups excluding tert-OH is 1. The van der Waals surface area contributed by atoms with Gasteiger partial charge in [-0.15, -0.1) is 0 Å². The van der Waals surface area contributed by atoms with Gasteiger partial charge >= 0.3 is 0 Å². The Kier molecular flexibility index (Phi) is 7.41. The Morgan fingerprint density at radius 2 is 2.00 bits per heavy atom. The smallest absolute Gasteiger partial charge is 0.119 e. The first-order valence-corrected chi connectivity index (χ1v) is 6.38. The standard InChI is InChI=1S/C14H23NO3/c1-3-17-9-8-15-10-13(16)11-18-14-6-4-12(2)5-7-14/h4-7,13,15-16H,3,8-11H2,1-2H3. The molecule has 4 nitrogen and oxygen atoms in total. The van der Waals surface area contributed by atoms with Crippen molar-refractivity contribution in [2.24, 2.45) is 0 Å². The second-order valence-electron chi connectivity index (χ2n) is 4.18. The van der Waals surface area contributed by atoms with Crippen LogP contribution < -0.4 is 10.1 Å². The highest BCUT2D eigenvalue weighted by atomic mass is 16.5. The maximum atomic E-state index is 9.69. The van der Waals surface area contributed by atoms with Crippen molar-refractivity contribution < 1.29 is 14.6 Å². The van der Waals surface area contributed by atoms with Crippen molar-refractivity contribution in [1.82, 2.24) is 5.32 Å². The number of aryl methyl sites for hydroxylation is 1. The molecule has 0 saturated heterocycles. The Morgan fingerprint density at radius 1 is 1.28 bits per heavy atom. The van der Waals surface area contributed by atoms with Crippen molar-refractivity contribution in [3.8, 4) is 5.75 Å². The third-order valence-corrected chi connectivity index (χ3v) is 2.47. The van der Waals surface area contributed by atoms with E-state index in [9.17, 15) is 5.11 Å². The molecule has 1 unspecified atom stereocenters. The molecule has 18 heavy (non-hydrogen) atoms. The lowest BCUT2D eigenvalue weighted by Crippen LogP contribution is -2.33. The van der Waals surface area contributed by atoms with Gasteiger partial charge < -0.3 is 19.9 Å². The fourth-order valence-corrected chi connectivity index (χ4v) is 1.44. The Hall–Kier alpha value is -1.10. The minimum absolute atomic E-state index is 0.296. The summed E-state index contributed by atoms with van der Waals surface area (Å²) in [6.07, 6.45) is -0.507. The van der Waals surface area contributed by atoms with Gasteiger partial charge in [0.2, 0.25) is 0 Å². The van der Waals surface area contributed by atoms with Crippen molar-refractivity contribution >= 4 is 0 Å². The highest BCUT2D eigenvalue weighted by Crippen LogP contribution is 2.11. The summed E-state index contributed by atoms with van der Waals surface area (Å²) in [6, 6.07) is 7.79. The van der Waals surface area contributed by atoms with Crippen LogP contribution in [0.15, 0.2) is 24.3 Å². The second-order valence-corrected chi connectivity index (χ2v) is 4.18. The van der Waals surface area contributed by atoms with Gasteiger partial charge in [-0.25, -0.2) is 0 Å². The molecule has 0 heterocycles. The Balaban J connectivity index is 2.09. The number of aliphatic hydroxyl groups is 1. The van der Waals surface area contributed by atoms with Crippen molar-refractivity contribution in [2.75, 3.05) is 32.9 Å². The molecule has 0 aliphatic heterocycles. The third kappa shape index (κ3) is 6.59. The van der Waals surface area contributed by atoms with E-state index in [0.29, 0.717) is 19.8 Å². The molecule has 0 bridgehead atoms. The molecule has 2 N–H and O–H groups in total. The van der Waals surface area contributed by atoms with E-state index < -0.39 is 6.10 Å². The van der Waals surface area contributed by atoms with Crippen LogP contribution >= 0.6 is 0 Å². The van der Waals surface area contributed by atoms with E-state index in [1.165, 1.54) is 5.56 Å². The predicted molar refractivity (Wildman–Crippen MR) is 72.0 cm³/mol. The fourth-order valence-electron chi connectivity index (χ4n) is 1.44. The van der Waals surface area contributed by atoms with Crippen LogP contribution in [0.5, 0.6) is 5.75 Å². The molecular weight excluding hydrogens is 230 g/mol. The average molecular weight is 253 g/mol. The maximum absolute atomic E-state index is 9.69. The van der Waals surface area contributed by atoms with E-state index in [-0.39, 0.29) is 0 Å². The van der Waals surface area contributed by atoms with Gasteiger partial charge in [0.05, 0.1) is 6.61 Å². The molecule has 0 fully saturated rings. The van der Waals surface area contributed by atoms with Crippen LogP contribution in [0.25, 0.3) is 0 Å². The number of hydrogen-bond donors (Lipinski definition) is 2. The quantitative estimate of drug-likeness (QED) is 0.652. The second kappa shape index (κ2) is 8.91. The number of hydrogen-bond acceptors (Lipinski definition) is 4. The Labute approximate surface area is 109 Å². The molecule has 0 spiro atoms. The van der Waals surface area contributed by atoms with E-state index in [0.717, 1.165) is 18.9 Å². The van der Waals surface area contributed by atoms with Gasteiger partial charge in [0.1, 0.15) is 18.5 Å². The van der Waals surface area contributed by atoms with Gasteiger partial charge in [0.25, 0.3) is 0 Å². The minimum atomic E-state index is -0.507. The van der Waals surface area contributed by atoms with Crippen LogP contribution in [0.3, 0.4) is 0 Å². The van der Waals surface area contributed by atoms with Gasteiger partial charge in [-0.3, -0.25) is 0 Å². The predicted octanol–water partition coefficient (Wildman–Crippen LogP) is 1.36. The first-order valence-electron chi connectivity index (χ1n) is 6.38. The lowest BCUT2D eigenvalue weighted by molar-refractivity contribution is 0.100. The number of rotatable bonds is 9. The average Bonchev–Trinajstić information content (AvgIpc) is 2.38. The maximum Gasteiger partial charge on any atom is 0.119 e. The summed E-state index contributed by atoms with van der Waals surface area (Å²) in [7, 11) is 0. The highest BCUT2D eigenvalue weighted by molar-refractivity contribution is 5.26. The Bertz CT molecular complexity index is 313. The lowest BCUT2D eigenvalue weighted by Gasteiger charge is -2.13. The van der Waals surface area contributed by atoms with Crippen LogP contribution in [-0.4, -0.2) is 44.1 Å². The molecule has 1 rings (SSSR count). The topological polar surface area (TPSA) is 50.7 Å². The van der Waals surface area contributed by atoms with Gasteiger partial charge in [-0.2, -0.15) is 0 Å². The van der Waals surface area contributed by atoms with Gasteiger partial charge in [0.15, 0.2) is 0 Å². The lowest BCUT2D eigenvalue weighted by atomic mass is 10.2. The summed E-state index contributed by atoms with van der Waals surface area (Å²) >= 11 is 0. The van der Waals surface area contributed by atoms with E-state index in [1.54, 1.807) is 0 Å². The van der Waals surface area contributed by atoms with Gasteiger partial charge in [0, 0.05) is 19.7 Å². The first kappa shape index (κ1) is 15.0. The molecule has 0 aliphatic rings. The van der Waals surface area contributed by atoms with Crippen LogP contribution in [0, 0.1) is 6.92 Å². The number of nitrogens with one attached hydrogen (secondary N) is 1. The van der Waals surface area contributed by atoms with Crippen LogP contribution in [0.1, 0.15) is 12.5 Å².